The summed E-state index contributed by atoms with van der Waals surface area (Å²) < 4.78 is 1.06. The summed E-state index contributed by atoms with van der Waals surface area (Å²) in [4.78, 5) is 0. The van der Waals surface area contributed by atoms with Crippen LogP contribution >= 0.6 is 27.5 Å². The van der Waals surface area contributed by atoms with Gasteiger partial charge in [-0.25, -0.2) is 0 Å². The van der Waals surface area contributed by atoms with Gasteiger partial charge in [-0.3, -0.25) is 0 Å². The minimum atomic E-state index is 0.418. The van der Waals surface area contributed by atoms with Gasteiger partial charge in [-0.05, 0) is 36.7 Å². The highest BCUT2D eigenvalue weighted by Gasteiger charge is 2.11. The first kappa shape index (κ1) is 17.0. The smallest absolute Gasteiger partial charge is 0.0420 e. The van der Waals surface area contributed by atoms with Crippen molar-refractivity contribution in [3.63, 3.8) is 0 Å². The molecule has 1 aromatic carbocycles. The van der Waals surface area contributed by atoms with Crippen molar-refractivity contribution < 1.29 is 0 Å². The van der Waals surface area contributed by atoms with Gasteiger partial charge < -0.3 is 5.32 Å². The van der Waals surface area contributed by atoms with E-state index in [4.69, 9.17) is 11.6 Å². The van der Waals surface area contributed by atoms with Gasteiger partial charge in [0.05, 0.1) is 0 Å². The molecule has 0 radical (unpaired) electrons. The molecule has 1 aromatic rings. The van der Waals surface area contributed by atoms with Crippen LogP contribution in [0.2, 0.25) is 5.02 Å². The summed E-state index contributed by atoms with van der Waals surface area (Å²) in [5.41, 5.74) is 1.29. The number of rotatable bonds is 9. The summed E-state index contributed by atoms with van der Waals surface area (Å²) in [7, 11) is 0. The van der Waals surface area contributed by atoms with Gasteiger partial charge in [0.2, 0.25) is 0 Å². The number of unbranched alkanes of at least 4 members (excludes halogenated alkanes) is 4. The highest BCUT2D eigenvalue weighted by molar-refractivity contribution is 9.10. The Balaban J connectivity index is 2.55. The molecule has 0 aliphatic rings. The highest BCUT2D eigenvalue weighted by Crippen LogP contribution is 2.27. The minimum absolute atomic E-state index is 0.418. The number of benzene rings is 1. The van der Waals surface area contributed by atoms with Crippen LogP contribution in [0.4, 0.5) is 0 Å². The van der Waals surface area contributed by atoms with Gasteiger partial charge in [-0.1, -0.05) is 73.5 Å². The Morgan fingerprint density at radius 3 is 2.47 bits per heavy atom. The van der Waals surface area contributed by atoms with Gasteiger partial charge in [0, 0.05) is 15.5 Å². The second-order valence-electron chi connectivity index (χ2n) is 5.02. The Labute approximate surface area is 131 Å². The zero-order chi connectivity index (χ0) is 14.1. The van der Waals surface area contributed by atoms with E-state index in [-0.39, 0.29) is 0 Å². The van der Waals surface area contributed by atoms with Crippen LogP contribution in [0.1, 0.15) is 64.0 Å². The van der Waals surface area contributed by atoms with Gasteiger partial charge in [-0.2, -0.15) is 0 Å². The fourth-order valence-electron chi connectivity index (χ4n) is 2.36. The molecular formula is C16H25BrClN. The van der Waals surface area contributed by atoms with Crippen molar-refractivity contribution in [1.82, 2.24) is 5.32 Å². The molecule has 0 aromatic heterocycles. The predicted molar refractivity (Wildman–Crippen MR) is 88.9 cm³/mol. The SMILES string of the molecule is CCCCCCCC(NCC)c1cc(Cl)cc(Br)c1. The first-order valence-electron chi connectivity index (χ1n) is 7.36. The summed E-state index contributed by atoms with van der Waals surface area (Å²) in [6.45, 7) is 5.40. The maximum absolute atomic E-state index is 6.14. The standard InChI is InChI=1S/C16H25BrClN/c1-3-5-6-7-8-9-16(19-4-2)13-10-14(17)12-15(18)11-13/h10-12,16,19H,3-9H2,1-2H3. The molecule has 19 heavy (non-hydrogen) atoms. The molecule has 0 bridgehead atoms. The maximum atomic E-state index is 6.14. The van der Waals surface area contributed by atoms with Gasteiger partial charge in [0.15, 0.2) is 0 Å². The second kappa shape index (κ2) is 9.79. The molecule has 1 N–H and O–H groups in total. The molecule has 0 heterocycles. The molecular weight excluding hydrogens is 322 g/mol. The lowest BCUT2D eigenvalue weighted by Crippen LogP contribution is -2.20. The van der Waals surface area contributed by atoms with E-state index in [0.717, 1.165) is 16.0 Å². The number of hydrogen-bond donors (Lipinski definition) is 1. The molecule has 0 aliphatic heterocycles. The first-order valence-corrected chi connectivity index (χ1v) is 8.53. The monoisotopic (exact) mass is 345 g/mol. The van der Waals surface area contributed by atoms with E-state index in [1.165, 1.54) is 44.1 Å². The van der Waals surface area contributed by atoms with Crippen molar-refractivity contribution >= 4 is 27.5 Å². The maximum Gasteiger partial charge on any atom is 0.0420 e. The average molecular weight is 347 g/mol. The van der Waals surface area contributed by atoms with Crippen LogP contribution in [0.3, 0.4) is 0 Å². The zero-order valence-electron chi connectivity index (χ0n) is 12.0. The normalized spacial score (nSPS) is 12.6. The van der Waals surface area contributed by atoms with E-state index in [9.17, 15) is 0 Å². The Morgan fingerprint density at radius 2 is 1.84 bits per heavy atom. The van der Waals surface area contributed by atoms with E-state index >= 15 is 0 Å². The van der Waals surface area contributed by atoms with Crippen molar-refractivity contribution in [2.24, 2.45) is 0 Å². The van der Waals surface area contributed by atoms with Crippen LogP contribution in [-0.4, -0.2) is 6.54 Å². The van der Waals surface area contributed by atoms with Crippen LogP contribution in [0.25, 0.3) is 0 Å². The summed E-state index contributed by atoms with van der Waals surface area (Å²) in [6.07, 6.45) is 7.81. The molecule has 0 aliphatic carbocycles. The molecule has 108 valence electrons. The van der Waals surface area contributed by atoms with Gasteiger partial charge in [0.25, 0.3) is 0 Å². The lowest BCUT2D eigenvalue weighted by molar-refractivity contribution is 0.478. The lowest BCUT2D eigenvalue weighted by Gasteiger charge is -2.19. The zero-order valence-corrected chi connectivity index (χ0v) is 14.4. The van der Waals surface area contributed by atoms with Crippen molar-refractivity contribution in [3.8, 4) is 0 Å². The molecule has 0 saturated heterocycles. The molecule has 1 atom stereocenters. The third kappa shape index (κ3) is 6.78. The van der Waals surface area contributed by atoms with Gasteiger partial charge in [-0.15, -0.1) is 0 Å². The molecule has 1 rings (SSSR count). The van der Waals surface area contributed by atoms with Crippen LogP contribution in [0, 0.1) is 0 Å². The summed E-state index contributed by atoms with van der Waals surface area (Å²) in [5, 5.41) is 4.37. The fraction of sp³-hybridized carbons (Fsp3) is 0.625. The molecule has 0 spiro atoms. The average Bonchev–Trinajstić information content (AvgIpc) is 2.36. The first-order chi connectivity index (χ1) is 9.17. The second-order valence-corrected chi connectivity index (χ2v) is 6.37. The van der Waals surface area contributed by atoms with Crippen LogP contribution in [0.5, 0.6) is 0 Å². The van der Waals surface area contributed by atoms with Crippen LogP contribution in [0.15, 0.2) is 22.7 Å². The third-order valence-corrected chi connectivity index (χ3v) is 4.01. The summed E-state index contributed by atoms with van der Waals surface area (Å²) in [5.74, 6) is 0. The molecule has 0 amide bonds. The quantitative estimate of drug-likeness (QED) is 0.532. The predicted octanol–water partition coefficient (Wildman–Crippen LogP) is 6.11. The van der Waals surface area contributed by atoms with E-state index in [0.29, 0.717) is 6.04 Å². The highest BCUT2D eigenvalue weighted by atomic mass is 79.9. The van der Waals surface area contributed by atoms with Crippen LogP contribution in [-0.2, 0) is 0 Å². The van der Waals surface area contributed by atoms with Gasteiger partial charge >= 0.3 is 0 Å². The third-order valence-electron chi connectivity index (χ3n) is 3.33. The van der Waals surface area contributed by atoms with Crippen molar-refractivity contribution in [1.29, 1.82) is 0 Å². The van der Waals surface area contributed by atoms with E-state index < -0.39 is 0 Å². The molecule has 0 saturated carbocycles. The van der Waals surface area contributed by atoms with E-state index in [2.05, 4.69) is 47.2 Å². The summed E-state index contributed by atoms with van der Waals surface area (Å²) in [6, 6.07) is 6.60. The fourth-order valence-corrected chi connectivity index (χ4v) is 3.25. The van der Waals surface area contributed by atoms with Gasteiger partial charge in [0.1, 0.15) is 0 Å². The van der Waals surface area contributed by atoms with Crippen molar-refractivity contribution in [2.45, 2.75) is 58.4 Å². The van der Waals surface area contributed by atoms with Crippen molar-refractivity contribution in [3.05, 3.63) is 33.3 Å². The number of halogens is 2. The summed E-state index contributed by atoms with van der Waals surface area (Å²) >= 11 is 9.66. The minimum Gasteiger partial charge on any atom is -0.310 e. The largest absolute Gasteiger partial charge is 0.310 e. The molecule has 1 unspecified atom stereocenters. The Morgan fingerprint density at radius 1 is 1.11 bits per heavy atom. The Kier molecular flexibility index (Phi) is 8.76. The van der Waals surface area contributed by atoms with Crippen molar-refractivity contribution in [2.75, 3.05) is 6.54 Å². The van der Waals surface area contributed by atoms with E-state index in [1.807, 2.05) is 6.07 Å². The topological polar surface area (TPSA) is 12.0 Å². The van der Waals surface area contributed by atoms with Crippen LogP contribution < -0.4 is 5.32 Å². The molecule has 3 heteroatoms. The Hall–Kier alpha value is -0.0500. The Bertz CT molecular complexity index is 348. The lowest BCUT2D eigenvalue weighted by atomic mass is 9.99. The molecule has 0 fully saturated rings. The number of hydrogen-bond acceptors (Lipinski definition) is 1. The molecule has 1 nitrogen and oxygen atoms in total. The number of nitrogens with one attached hydrogen (secondary N) is 1. The van der Waals surface area contributed by atoms with E-state index in [1.54, 1.807) is 0 Å².